The summed E-state index contributed by atoms with van der Waals surface area (Å²) in [6, 6.07) is 5.39. The van der Waals surface area contributed by atoms with E-state index < -0.39 is 0 Å². The summed E-state index contributed by atoms with van der Waals surface area (Å²) in [5, 5.41) is 8.88. The van der Waals surface area contributed by atoms with Gasteiger partial charge in [-0.3, -0.25) is 9.78 Å². The molecule has 1 aliphatic heterocycles. The highest BCUT2D eigenvalue weighted by atomic mass is 16.3. The molecule has 2 heterocycles. The van der Waals surface area contributed by atoms with Crippen molar-refractivity contribution >= 4 is 5.91 Å². The predicted octanol–water partition coefficient (Wildman–Crippen LogP) is 1.32. The van der Waals surface area contributed by atoms with Gasteiger partial charge in [0.2, 0.25) is 0 Å². The van der Waals surface area contributed by atoms with Crippen LogP contribution in [0.25, 0.3) is 0 Å². The van der Waals surface area contributed by atoms with Crippen molar-refractivity contribution in [3.05, 3.63) is 30.1 Å². The van der Waals surface area contributed by atoms with Gasteiger partial charge in [-0.1, -0.05) is 6.07 Å². The van der Waals surface area contributed by atoms with Crippen LogP contribution in [0, 0.1) is 5.92 Å². The minimum Gasteiger partial charge on any atom is -0.396 e. The third-order valence-corrected chi connectivity index (χ3v) is 3.32. The van der Waals surface area contributed by atoms with E-state index in [1.165, 1.54) is 0 Å². The molecule has 0 aliphatic carbocycles. The van der Waals surface area contributed by atoms with Crippen LogP contribution in [0.15, 0.2) is 24.4 Å². The summed E-state index contributed by atoms with van der Waals surface area (Å²) in [5.41, 5.74) is 0.521. The van der Waals surface area contributed by atoms with E-state index in [9.17, 15) is 4.79 Å². The van der Waals surface area contributed by atoms with Crippen LogP contribution in [0.3, 0.4) is 0 Å². The Balaban J connectivity index is 1.91. The monoisotopic (exact) mass is 234 g/mol. The number of rotatable bonds is 3. The number of piperidine rings is 1. The van der Waals surface area contributed by atoms with Crippen molar-refractivity contribution < 1.29 is 9.90 Å². The van der Waals surface area contributed by atoms with Gasteiger partial charge in [-0.15, -0.1) is 0 Å². The first kappa shape index (κ1) is 12.0. The summed E-state index contributed by atoms with van der Waals surface area (Å²) in [7, 11) is 0. The Morgan fingerprint density at radius 3 is 2.76 bits per heavy atom. The lowest BCUT2D eigenvalue weighted by Gasteiger charge is -2.31. The van der Waals surface area contributed by atoms with E-state index in [-0.39, 0.29) is 12.5 Å². The maximum Gasteiger partial charge on any atom is 0.272 e. The molecule has 0 aromatic carbocycles. The number of aliphatic hydroxyl groups is 1. The Hall–Kier alpha value is -1.42. The summed E-state index contributed by atoms with van der Waals surface area (Å²) in [4.78, 5) is 18.0. The molecule has 17 heavy (non-hydrogen) atoms. The topological polar surface area (TPSA) is 53.4 Å². The van der Waals surface area contributed by atoms with E-state index in [1.807, 2.05) is 17.0 Å². The summed E-state index contributed by atoms with van der Waals surface area (Å²) in [6.45, 7) is 1.80. The number of hydrogen-bond donors (Lipinski definition) is 1. The van der Waals surface area contributed by atoms with Crippen molar-refractivity contribution in [2.24, 2.45) is 5.92 Å². The second-order valence-electron chi connectivity index (χ2n) is 4.46. The van der Waals surface area contributed by atoms with Crippen LogP contribution in [0.2, 0.25) is 0 Å². The van der Waals surface area contributed by atoms with Crippen LogP contribution in [-0.4, -0.2) is 40.6 Å². The summed E-state index contributed by atoms with van der Waals surface area (Å²) in [5.74, 6) is 0.584. The van der Waals surface area contributed by atoms with Gasteiger partial charge in [0.15, 0.2) is 0 Å². The molecule has 1 amide bonds. The molecule has 0 spiro atoms. The number of nitrogens with zero attached hydrogens (tertiary/aromatic N) is 2. The predicted molar refractivity (Wildman–Crippen MR) is 64.6 cm³/mol. The second-order valence-corrected chi connectivity index (χ2v) is 4.46. The average molecular weight is 234 g/mol. The number of likely N-dealkylation sites (tertiary alicyclic amines) is 1. The zero-order valence-corrected chi connectivity index (χ0v) is 9.88. The van der Waals surface area contributed by atoms with Gasteiger partial charge in [-0.2, -0.15) is 0 Å². The molecule has 1 aromatic rings. The molecule has 0 atom stereocenters. The highest BCUT2D eigenvalue weighted by Crippen LogP contribution is 2.20. The van der Waals surface area contributed by atoms with Crippen LogP contribution in [-0.2, 0) is 0 Å². The molecular weight excluding hydrogens is 216 g/mol. The summed E-state index contributed by atoms with van der Waals surface area (Å²) in [6.07, 6.45) is 4.47. The molecule has 0 unspecified atom stereocenters. The maximum absolute atomic E-state index is 12.1. The fraction of sp³-hybridized carbons (Fsp3) is 0.538. The van der Waals surface area contributed by atoms with Gasteiger partial charge < -0.3 is 10.0 Å². The summed E-state index contributed by atoms with van der Waals surface area (Å²) >= 11 is 0. The van der Waals surface area contributed by atoms with Crippen molar-refractivity contribution in [1.29, 1.82) is 0 Å². The van der Waals surface area contributed by atoms with Gasteiger partial charge in [-0.05, 0) is 37.3 Å². The van der Waals surface area contributed by atoms with Crippen molar-refractivity contribution in [3.63, 3.8) is 0 Å². The zero-order chi connectivity index (χ0) is 12.1. The van der Waals surface area contributed by atoms with E-state index in [2.05, 4.69) is 4.98 Å². The molecule has 1 aromatic heterocycles. The Bertz CT molecular complexity index is 359. The number of hydrogen-bond acceptors (Lipinski definition) is 3. The fourth-order valence-corrected chi connectivity index (χ4v) is 2.26. The maximum atomic E-state index is 12.1. The number of pyridine rings is 1. The molecule has 2 rings (SSSR count). The Morgan fingerprint density at radius 1 is 1.41 bits per heavy atom. The third kappa shape index (κ3) is 3.03. The molecule has 0 radical (unpaired) electrons. The molecular formula is C13H18N2O2. The Kier molecular flexibility index (Phi) is 4.09. The zero-order valence-electron chi connectivity index (χ0n) is 9.88. The van der Waals surface area contributed by atoms with Crippen LogP contribution in [0.4, 0.5) is 0 Å². The first-order valence-electron chi connectivity index (χ1n) is 6.12. The highest BCUT2D eigenvalue weighted by Gasteiger charge is 2.23. The van der Waals surface area contributed by atoms with Gasteiger partial charge in [-0.25, -0.2) is 0 Å². The van der Waals surface area contributed by atoms with Crippen molar-refractivity contribution in [1.82, 2.24) is 9.88 Å². The number of carbonyl (C=O) groups excluding carboxylic acids is 1. The van der Waals surface area contributed by atoms with Gasteiger partial charge in [0.1, 0.15) is 5.69 Å². The smallest absolute Gasteiger partial charge is 0.272 e. The SMILES string of the molecule is O=C(c1ccccn1)N1CCC(CCO)CC1. The van der Waals surface area contributed by atoms with Crippen molar-refractivity contribution in [3.8, 4) is 0 Å². The van der Waals surface area contributed by atoms with Gasteiger partial charge >= 0.3 is 0 Å². The highest BCUT2D eigenvalue weighted by molar-refractivity contribution is 5.92. The van der Waals surface area contributed by atoms with E-state index in [0.717, 1.165) is 32.4 Å². The lowest BCUT2D eigenvalue weighted by atomic mass is 9.94. The molecule has 1 fully saturated rings. The molecule has 92 valence electrons. The molecule has 0 bridgehead atoms. The van der Waals surface area contributed by atoms with Crippen LogP contribution in [0.5, 0.6) is 0 Å². The van der Waals surface area contributed by atoms with Crippen LogP contribution < -0.4 is 0 Å². The number of aliphatic hydroxyl groups excluding tert-OH is 1. The normalized spacial score (nSPS) is 17.1. The largest absolute Gasteiger partial charge is 0.396 e. The van der Waals surface area contributed by atoms with Gasteiger partial charge in [0.05, 0.1) is 0 Å². The minimum atomic E-state index is 0.0213. The van der Waals surface area contributed by atoms with E-state index in [4.69, 9.17) is 5.11 Å². The van der Waals surface area contributed by atoms with Crippen LogP contribution in [0.1, 0.15) is 29.8 Å². The Labute approximate surface area is 101 Å². The van der Waals surface area contributed by atoms with Crippen LogP contribution >= 0.6 is 0 Å². The van der Waals surface area contributed by atoms with E-state index in [0.29, 0.717) is 11.6 Å². The number of amides is 1. The number of carbonyl (C=O) groups is 1. The molecule has 0 saturated carbocycles. The quantitative estimate of drug-likeness (QED) is 0.858. The fourth-order valence-electron chi connectivity index (χ4n) is 2.26. The molecule has 1 aliphatic rings. The van der Waals surface area contributed by atoms with Gasteiger partial charge in [0.25, 0.3) is 5.91 Å². The Morgan fingerprint density at radius 2 is 2.18 bits per heavy atom. The second kappa shape index (κ2) is 5.77. The van der Waals surface area contributed by atoms with Gasteiger partial charge in [0, 0.05) is 25.9 Å². The van der Waals surface area contributed by atoms with E-state index in [1.54, 1.807) is 12.3 Å². The first-order valence-corrected chi connectivity index (χ1v) is 6.12. The first-order chi connectivity index (χ1) is 8.31. The van der Waals surface area contributed by atoms with Crippen molar-refractivity contribution in [2.75, 3.05) is 19.7 Å². The third-order valence-electron chi connectivity index (χ3n) is 3.32. The minimum absolute atomic E-state index is 0.0213. The lowest BCUT2D eigenvalue weighted by Crippen LogP contribution is -2.39. The van der Waals surface area contributed by atoms with E-state index >= 15 is 0 Å². The number of aromatic nitrogens is 1. The molecule has 1 saturated heterocycles. The standard InChI is InChI=1S/C13H18N2O2/c16-10-6-11-4-8-15(9-5-11)13(17)12-3-1-2-7-14-12/h1-3,7,11,16H,4-6,8-10H2. The summed E-state index contributed by atoms with van der Waals surface area (Å²) < 4.78 is 0. The molecule has 4 nitrogen and oxygen atoms in total. The average Bonchev–Trinajstić information content (AvgIpc) is 2.40. The lowest BCUT2D eigenvalue weighted by molar-refractivity contribution is 0.0672. The molecule has 1 N–H and O–H groups in total. The molecule has 4 heteroatoms. The van der Waals surface area contributed by atoms with Crippen molar-refractivity contribution in [2.45, 2.75) is 19.3 Å².